The highest BCUT2D eigenvalue weighted by molar-refractivity contribution is 6.36. The molecule has 36 heavy (non-hydrogen) atoms. The Hall–Kier alpha value is -3.58. The van der Waals surface area contributed by atoms with Gasteiger partial charge in [0.25, 0.3) is 0 Å². The molecule has 3 amide bonds. The number of nitrogens with one attached hydrogen (secondary N) is 3. The first-order valence-electron chi connectivity index (χ1n) is 12.2. The van der Waals surface area contributed by atoms with Crippen molar-refractivity contribution in [1.29, 1.82) is 5.26 Å². The third-order valence-electron chi connectivity index (χ3n) is 6.67. The number of rotatable bonds is 6. The molecule has 3 N–H and O–H groups in total. The van der Waals surface area contributed by atoms with Crippen LogP contribution in [0.25, 0.3) is 10.9 Å². The number of amidine groups is 1. The Morgan fingerprint density at radius 3 is 2.72 bits per heavy atom. The van der Waals surface area contributed by atoms with E-state index in [1.165, 1.54) is 7.05 Å². The molecule has 3 heterocycles. The van der Waals surface area contributed by atoms with E-state index in [1.54, 1.807) is 28.1 Å². The molecule has 0 radical (unpaired) electrons. The lowest BCUT2D eigenvalue weighted by atomic mass is 10.1. The Bertz CT molecular complexity index is 1210. The molecule has 2 aliphatic rings. The Balaban J connectivity index is 1.64. The number of nitriles is 1. The molecule has 10 nitrogen and oxygen atoms in total. The van der Waals surface area contributed by atoms with Gasteiger partial charge in [-0.2, -0.15) is 5.26 Å². The van der Waals surface area contributed by atoms with Crippen molar-refractivity contribution in [2.75, 3.05) is 38.5 Å². The standard InChI is InChI=1S/C25H30ClN7O3/c1-28-24(35)17(13-27)23(30-19-9-6-7-16-18(26)14-29-22(16)19)31-20-8-2-3-12-33(25(20)36)15-21(34)32-10-4-5-11-32/h6-7,9,14,17,20,29H,2-5,8,10-12,15H2,1H3,(H,28,35)(H,30,31)/t17?,20-/m0/s1. The lowest BCUT2D eigenvalue weighted by molar-refractivity contribution is -0.140. The number of anilines is 1. The second-order valence-electron chi connectivity index (χ2n) is 9.04. The van der Waals surface area contributed by atoms with Crippen molar-refractivity contribution in [3.8, 4) is 6.07 Å². The molecule has 2 atom stereocenters. The number of aliphatic imine (C=N–C) groups is 1. The number of amides is 3. The number of aromatic amines is 1. The number of para-hydroxylation sites is 1. The van der Waals surface area contributed by atoms with Gasteiger partial charge in [0.05, 0.1) is 28.8 Å². The Kier molecular flexibility index (Phi) is 8.10. The van der Waals surface area contributed by atoms with Crippen molar-refractivity contribution in [3.63, 3.8) is 0 Å². The number of nitrogens with zero attached hydrogens (tertiary/aromatic N) is 4. The van der Waals surface area contributed by atoms with Gasteiger partial charge in [-0.25, -0.2) is 0 Å². The summed E-state index contributed by atoms with van der Waals surface area (Å²) in [6, 6.07) is 6.61. The molecule has 0 bridgehead atoms. The summed E-state index contributed by atoms with van der Waals surface area (Å²) in [6.07, 6.45) is 5.57. The number of carbonyl (C=O) groups is 3. The number of carbonyl (C=O) groups excluding carboxylic acids is 3. The number of H-pyrrole nitrogens is 1. The van der Waals surface area contributed by atoms with Crippen LogP contribution in [-0.2, 0) is 14.4 Å². The largest absolute Gasteiger partial charge is 0.358 e. The average molecular weight is 512 g/mol. The SMILES string of the molecule is CNC(=O)C(C#N)C(=N[C@H]1CCCCN(CC(=O)N2CCCC2)C1=O)Nc1cccc2c(Cl)c[nH]c12. The van der Waals surface area contributed by atoms with Gasteiger partial charge in [0, 0.05) is 38.3 Å². The van der Waals surface area contributed by atoms with E-state index >= 15 is 0 Å². The lowest BCUT2D eigenvalue weighted by Crippen LogP contribution is -2.45. The van der Waals surface area contributed by atoms with Gasteiger partial charge in [0.2, 0.25) is 17.7 Å². The van der Waals surface area contributed by atoms with Crippen LogP contribution in [0.3, 0.4) is 0 Å². The van der Waals surface area contributed by atoms with Gasteiger partial charge in [-0.15, -0.1) is 0 Å². The first-order valence-corrected chi connectivity index (χ1v) is 12.6. The number of likely N-dealkylation sites (tertiary alicyclic amines) is 2. The fraction of sp³-hybridized carbons (Fsp3) is 0.480. The van der Waals surface area contributed by atoms with Crippen LogP contribution in [0.5, 0.6) is 0 Å². The van der Waals surface area contributed by atoms with Crippen LogP contribution >= 0.6 is 11.6 Å². The first kappa shape index (κ1) is 25.5. The van der Waals surface area contributed by atoms with Gasteiger partial charge in [-0.3, -0.25) is 19.4 Å². The summed E-state index contributed by atoms with van der Waals surface area (Å²) < 4.78 is 0. The van der Waals surface area contributed by atoms with Gasteiger partial charge in [0.15, 0.2) is 5.92 Å². The highest BCUT2D eigenvalue weighted by Gasteiger charge is 2.32. The maximum atomic E-state index is 13.5. The molecule has 2 aliphatic heterocycles. The molecule has 1 unspecified atom stereocenters. The highest BCUT2D eigenvalue weighted by Crippen LogP contribution is 2.29. The molecule has 0 aliphatic carbocycles. The molecule has 4 rings (SSSR count). The van der Waals surface area contributed by atoms with E-state index in [0.717, 1.165) is 44.2 Å². The van der Waals surface area contributed by atoms with Crippen LogP contribution in [0.4, 0.5) is 5.69 Å². The van der Waals surface area contributed by atoms with Crippen LogP contribution in [0, 0.1) is 17.2 Å². The molecule has 0 saturated carbocycles. The fourth-order valence-electron chi connectivity index (χ4n) is 4.69. The minimum atomic E-state index is -1.26. The van der Waals surface area contributed by atoms with Crippen molar-refractivity contribution in [2.45, 2.75) is 38.1 Å². The highest BCUT2D eigenvalue weighted by atomic mass is 35.5. The van der Waals surface area contributed by atoms with Crippen LogP contribution in [0.15, 0.2) is 29.4 Å². The number of aromatic nitrogens is 1. The average Bonchev–Trinajstić information content (AvgIpc) is 3.52. The number of halogens is 1. The van der Waals surface area contributed by atoms with E-state index in [-0.39, 0.29) is 24.2 Å². The summed E-state index contributed by atoms with van der Waals surface area (Å²) in [5.41, 5.74) is 1.26. The number of hydrogen-bond acceptors (Lipinski definition) is 5. The zero-order valence-corrected chi connectivity index (χ0v) is 21.0. The van der Waals surface area contributed by atoms with Gasteiger partial charge in [0.1, 0.15) is 11.9 Å². The Morgan fingerprint density at radius 2 is 2.00 bits per heavy atom. The molecule has 190 valence electrons. The molecule has 11 heteroatoms. The van der Waals surface area contributed by atoms with Crippen LogP contribution in [-0.4, -0.2) is 77.6 Å². The number of hydrogen-bond donors (Lipinski definition) is 3. The zero-order chi connectivity index (χ0) is 25.7. The van der Waals surface area contributed by atoms with E-state index in [1.807, 2.05) is 12.1 Å². The molecule has 2 saturated heterocycles. The molecular formula is C25H30ClN7O3. The molecule has 1 aromatic carbocycles. The number of fused-ring (bicyclic) bond motifs is 1. The molecule has 2 fully saturated rings. The van der Waals surface area contributed by atoms with Gasteiger partial charge in [-0.05, 0) is 38.2 Å². The Morgan fingerprint density at radius 1 is 1.25 bits per heavy atom. The van der Waals surface area contributed by atoms with Crippen LogP contribution in [0.1, 0.15) is 32.1 Å². The summed E-state index contributed by atoms with van der Waals surface area (Å²) in [6.45, 7) is 1.94. The summed E-state index contributed by atoms with van der Waals surface area (Å²) in [5, 5.41) is 16.8. The zero-order valence-electron chi connectivity index (χ0n) is 20.2. The maximum absolute atomic E-state index is 13.5. The predicted molar refractivity (Wildman–Crippen MR) is 138 cm³/mol. The predicted octanol–water partition coefficient (Wildman–Crippen LogP) is 2.52. The molecule has 0 spiro atoms. The second-order valence-corrected chi connectivity index (χ2v) is 9.45. The van der Waals surface area contributed by atoms with Crippen LogP contribution < -0.4 is 10.6 Å². The van der Waals surface area contributed by atoms with Crippen molar-refractivity contribution in [3.05, 3.63) is 29.4 Å². The molecule has 2 aromatic rings. The van der Waals surface area contributed by atoms with Crippen molar-refractivity contribution in [1.82, 2.24) is 20.1 Å². The van der Waals surface area contributed by atoms with E-state index < -0.39 is 17.9 Å². The fourth-order valence-corrected chi connectivity index (χ4v) is 4.90. The summed E-state index contributed by atoms with van der Waals surface area (Å²) in [7, 11) is 1.44. The topological polar surface area (TPSA) is 134 Å². The van der Waals surface area contributed by atoms with Crippen molar-refractivity contribution < 1.29 is 14.4 Å². The summed E-state index contributed by atoms with van der Waals surface area (Å²) >= 11 is 6.25. The second kappa shape index (κ2) is 11.4. The third kappa shape index (κ3) is 5.46. The van der Waals surface area contributed by atoms with E-state index in [2.05, 4.69) is 20.6 Å². The third-order valence-corrected chi connectivity index (χ3v) is 6.98. The number of benzene rings is 1. The minimum Gasteiger partial charge on any atom is -0.358 e. The molecular weight excluding hydrogens is 482 g/mol. The van der Waals surface area contributed by atoms with E-state index in [0.29, 0.717) is 29.2 Å². The molecule has 1 aromatic heterocycles. The monoisotopic (exact) mass is 511 g/mol. The van der Waals surface area contributed by atoms with E-state index in [4.69, 9.17) is 11.6 Å². The smallest absolute Gasteiger partial charge is 0.247 e. The van der Waals surface area contributed by atoms with Gasteiger partial charge in [-0.1, -0.05) is 23.7 Å². The quantitative estimate of drug-likeness (QED) is 0.404. The van der Waals surface area contributed by atoms with Crippen molar-refractivity contribution >= 4 is 51.7 Å². The Labute approximate surface area is 214 Å². The first-order chi connectivity index (χ1) is 17.4. The van der Waals surface area contributed by atoms with Gasteiger partial charge >= 0.3 is 0 Å². The van der Waals surface area contributed by atoms with Crippen LogP contribution in [0.2, 0.25) is 5.02 Å². The normalized spacial score (nSPS) is 19.6. The van der Waals surface area contributed by atoms with Gasteiger partial charge < -0.3 is 25.4 Å². The minimum absolute atomic E-state index is 0.0189. The van der Waals surface area contributed by atoms with Crippen molar-refractivity contribution in [2.24, 2.45) is 10.9 Å². The lowest BCUT2D eigenvalue weighted by Gasteiger charge is -2.25. The summed E-state index contributed by atoms with van der Waals surface area (Å²) in [5.74, 6) is -2.05. The van der Waals surface area contributed by atoms with E-state index in [9.17, 15) is 19.6 Å². The summed E-state index contributed by atoms with van der Waals surface area (Å²) in [4.78, 5) is 49.8. The maximum Gasteiger partial charge on any atom is 0.247 e.